The summed E-state index contributed by atoms with van der Waals surface area (Å²) in [6, 6.07) is 29.8. The van der Waals surface area contributed by atoms with Crippen LogP contribution in [0.1, 0.15) is 5.56 Å². The van der Waals surface area contributed by atoms with Gasteiger partial charge >= 0.3 is 0 Å². The molecule has 6 rings (SSSR count). The first-order valence-electron chi connectivity index (χ1n) is 9.89. The van der Waals surface area contributed by atoms with Gasteiger partial charge in [0.1, 0.15) is 6.10 Å². The summed E-state index contributed by atoms with van der Waals surface area (Å²) >= 11 is 0. The molecule has 0 bridgehead atoms. The van der Waals surface area contributed by atoms with Crippen molar-refractivity contribution in [1.29, 1.82) is 0 Å². The van der Waals surface area contributed by atoms with Gasteiger partial charge in [-0.15, -0.1) is 0 Å². The van der Waals surface area contributed by atoms with Gasteiger partial charge in [-0.05, 0) is 55.7 Å². The van der Waals surface area contributed by atoms with Crippen molar-refractivity contribution in [3.8, 4) is 0 Å². The van der Waals surface area contributed by atoms with Gasteiger partial charge in [-0.25, -0.2) is 4.99 Å². The molecule has 0 fully saturated rings. The van der Waals surface area contributed by atoms with E-state index in [4.69, 9.17) is 9.73 Å². The van der Waals surface area contributed by atoms with Crippen LogP contribution in [0.2, 0.25) is 0 Å². The number of ether oxygens (including phenoxy) is 1. The lowest BCUT2D eigenvalue weighted by atomic mass is 9.84. The Morgan fingerprint density at radius 2 is 1.38 bits per heavy atom. The minimum absolute atomic E-state index is 0.187. The number of hydrogen-bond acceptors (Lipinski definition) is 2. The maximum absolute atomic E-state index is 5.91. The number of benzene rings is 5. The molecule has 1 unspecified atom stereocenters. The van der Waals surface area contributed by atoms with Crippen LogP contribution in [-0.4, -0.2) is 18.9 Å². The molecule has 0 N–H and O–H groups in total. The van der Waals surface area contributed by atoms with Crippen molar-refractivity contribution < 1.29 is 4.74 Å². The summed E-state index contributed by atoms with van der Waals surface area (Å²) in [7, 11) is 1.76. The topological polar surface area (TPSA) is 21.6 Å². The quantitative estimate of drug-likeness (QED) is 0.283. The maximum Gasteiger partial charge on any atom is 0.119 e. The molecule has 2 nitrogen and oxygen atoms in total. The van der Waals surface area contributed by atoms with Gasteiger partial charge in [0.15, 0.2) is 0 Å². The SMILES string of the molecule is COC1C=c2cccc3c2c(c2cccc4cccc3c42)C1=Nc1ccccc1. The Kier molecular flexibility index (Phi) is 3.56. The number of rotatable bonds is 2. The fourth-order valence-corrected chi connectivity index (χ4v) is 4.71. The van der Waals surface area contributed by atoms with Gasteiger partial charge in [-0.2, -0.15) is 0 Å². The van der Waals surface area contributed by atoms with Crippen molar-refractivity contribution in [3.05, 3.63) is 95.7 Å². The van der Waals surface area contributed by atoms with E-state index in [2.05, 4.69) is 60.7 Å². The molecular weight excluding hydrogens is 354 g/mol. The lowest BCUT2D eigenvalue weighted by Gasteiger charge is -2.24. The fraction of sp³-hybridized carbons (Fsp3) is 0.0741. The zero-order chi connectivity index (χ0) is 19.4. The van der Waals surface area contributed by atoms with Crippen LogP contribution in [0, 0.1) is 0 Å². The van der Waals surface area contributed by atoms with Crippen LogP contribution in [0.15, 0.2) is 89.9 Å². The van der Waals surface area contributed by atoms with Gasteiger partial charge in [0, 0.05) is 12.7 Å². The maximum atomic E-state index is 5.91. The number of aliphatic imine (C=N–C) groups is 1. The van der Waals surface area contributed by atoms with Crippen molar-refractivity contribution >= 4 is 49.8 Å². The second kappa shape index (κ2) is 6.26. The molecule has 0 heterocycles. The number of nitrogens with zero attached hydrogens (tertiary/aromatic N) is 1. The van der Waals surface area contributed by atoms with Crippen molar-refractivity contribution in [3.63, 3.8) is 0 Å². The van der Waals surface area contributed by atoms with Crippen LogP contribution < -0.4 is 5.22 Å². The Morgan fingerprint density at radius 3 is 2.14 bits per heavy atom. The van der Waals surface area contributed by atoms with E-state index in [9.17, 15) is 0 Å². The van der Waals surface area contributed by atoms with Gasteiger partial charge < -0.3 is 4.74 Å². The number of hydrogen-bond donors (Lipinski definition) is 0. The number of methoxy groups -OCH3 is 1. The molecule has 5 aromatic carbocycles. The van der Waals surface area contributed by atoms with E-state index in [1.165, 1.54) is 43.1 Å². The zero-order valence-electron chi connectivity index (χ0n) is 16.1. The average molecular weight is 373 g/mol. The van der Waals surface area contributed by atoms with E-state index in [-0.39, 0.29) is 6.10 Å². The molecule has 29 heavy (non-hydrogen) atoms. The smallest absolute Gasteiger partial charge is 0.119 e. The molecule has 138 valence electrons. The van der Waals surface area contributed by atoms with Gasteiger partial charge in [0.05, 0.1) is 11.4 Å². The van der Waals surface area contributed by atoms with Crippen LogP contribution in [0.25, 0.3) is 38.4 Å². The summed E-state index contributed by atoms with van der Waals surface area (Å²) in [4.78, 5) is 5.08. The summed E-state index contributed by atoms with van der Waals surface area (Å²) in [5, 5.41) is 8.83. The predicted octanol–water partition coefficient (Wildman–Crippen LogP) is 5.80. The third kappa shape index (κ3) is 2.36. The van der Waals surface area contributed by atoms with E-state index in [0.717, 1.165) is 11.4 Å². The molecule has 0 radical (unpaired) electrons. The van der Waals surface area contributed by atoms with Crippen molar-refractivity contribution in [2.75, 3.05) is 7.11 Å². The molecule has 0 amide bonds. The molecule has 5 aromatic rings. The van der Waals surface area contributed by atoms with E-state index in [1.807, 2.05) is 30.3 Å². The first-order chi connectivity index (χ1) is 14.3. The molecule has 1 aliphatic carbocycles. The van der Waals surface area contributed by atoms with Crippen LogP contribution in [0.3, 0.4) is 0 Å². The molecule has 0 aromatic heterocycles. The van der Waals surface area contributed by atoms with E-state index < -0.39 is 0 Å². The summed E-state index contributed by atoms with van der Waals surface area (Å²) in [6.07, 6.45) is 2.01. The van der Waals surface area contributed by atoms with Crippen molar-refractivity contribution in [2.24, 2.45) is 4.99 Å². The number of para-hydroxylation sites is 1. The Labute approximate surface area is 168 Å². The molecule has 2 heteroatoms. The minimum atomic E-state index is -0.187. The highest BCUT2D eigenvalue weighted by Gasteiger charge is 2.26. The Balaban J connectivity index is 1.86. The summed E-state index contributed by atoms with van der Waals surface area (Å²) in [5.74, 6) is 0. The lowest BCUT2D eigenvalue weighted by molar-refractivity contribution is 0.202. The standard InChI is InChI=1S/C27H19NO/c1-29-23-16-18-10-7-14-21-20-13-5-8-17-9-6-15-22(24(17)20)26(25(18)21)27(23)28-19-11-3-2-4-12-19/h2-16,23H,1H3. The van der Waals surface area contributed by atoms with Gasteiger partial charge in [0.2, 0.25) is 0 Å². The molecule has 0 spiro atoms. The fourth-order valence-electron chi connectivity index (χ4n) is 4.71. The van der Waals surface area contributed by atoms with Crippen molar-refractivity contribution in [2.45, 2.75) is 6.10 Å². The van der Waals surface area contributed by atoms with Crippen LogP contribution >= 0.6 is 0 Å². The van der Waals surface area contributed by atoms with Gasteiger partial charge in [0.25, 0.3) is 0 Å². The highest BCUT2D eigenvalue weighted by Crippen LogP contribution is 2.38. The first-order valence-corrected chi connectivity index (χ1v) is 9.89. The van der Waals surface area contributed by atoms with E-state index in [1.54, 1.807) is 7.11 Å². The zero-order valence-corrected chi connectivity index (χ0v) is 16.1. The van der Waals surface area contributed by atoms with Gasteiger partial charge in [-0.1, -0.05) is 72.8 Å². The average Bonchev–Trinajstić information content (AvgIpc) is 2.78. The Hall–Kier alpha value is -3.49. The van der Waals surface area contributed by atoms with Crippen LogP contribution in [0.4, 0.5) is 5.69 Å². The molecule has 0 saturated heterocycles. The van der Waals surface area contributed by atoms with Crippen molar-refractivity contribution in [1.82, 2.24) is 0 Å². The summed E-state index contributed by atoms with van der Waals surface area (Å²) in [5.41, 5.74) is 3.11. The number of fused-ring (bicyclic) bond motifs is 2. The van der Waals surface area contributed by atoms with Gasteiger partial charge in [-0.3, -0.25) is 0 Å². The summed E-state index contributed by atoms with van der Waals surface area (Å²) < 4.78 is 5.91. The normalized spacial score (nSPS) is 17.3. The first kappa shape index (κ1) is 16.5. The lowest BCUT2D eigenvalue weighted by Crippen LogP contribution is -2.30. The third-order valence-electron chi connectivity index (χ3n) is 5.93. The second-order valence-corrected chi connectivity index (χ2v) is 7.51. The van der Waals surface area contributed by atoms with Crippen LogP contribution in [0.5, 0.6) is 0 Å². The highest BCUT2D eigenvalue weighted by atomic mass is 16.5. The third-order valence-corrected chi connectivity index (χ3v) is 5.93. The Bertz CT molecular complexity index is 1480. The van der Waals surface area contributed by atoms with E-state index in [0.29, 0.717) is 0 Å². The second-order valence-electron chi connectivity index (χ2n) is 7.51. The van der Waals surface area contributed by atoms with E-state index >= 15 is 0 Å². The monoisotopic (exact) mass is 373 g/mol. The molecule has 1 atom stereocenters. The molecular formula is C27H19NO. The predicted molar refractivity (Wildman–Crippen MR) is 122 cm³/mol. The van der Waals surface area contributed by atoms with Crippen LogP contribution in [-0.2, 0) is 4.74 Å². The molecule has 0 aliphatic heterocycles. The Morgan fingerprint density at radius 1 is 0.690 bits per heavy atom. The highest BCUT2D eigenvalue weighted by molar-refractivity contribution is 6.33. The summed E-state index contributed by atoms with van der Waals surface area (Å²) in [6.45, 7) is 0. The minimum Gasteiger partial charge on any atom is -0.371 e. The molecule has 0 saturated carbocycles. The molecule has 1 aliphatic rings. The largest absolute Gasteiger partial charge is 0.371 e.